The molecule has 1 rings (SSSR count). The van der Waals surface area contributed by atoms with Crippen molar-refractivity contribution in [3.8, 4) is 0 Å². The van der Waals surface area contributed by atoms with Crippen molar-refractivity contribution >= 4 is 5.91 Å². The molecule has 1 radical (unpaired) electrons. The van der Waals surface area contributed by atoms with Gasteiger partial charge < -0.3 is 5.32 Å². The molecule has 9 heavy (non-hydrogen) atoms. The Bertz CT molecular complexity index is 108. The van der Waals surface area contributed by atoms with Crippen molar-refractivity contribution in [2.24, 2.45) is 0 Å². The highest BCUT2D eigenvalue weighted by atomic mass is 16.1. The van der Waals surface area contributed by atoms with Crippen LogP contribution >= 0.6 is 0 Å². The highest BCUT2D eigenvalue weighted by molar-refractivity contribution is 5.73. The Hall–Kier alpha value is -0.570. The SMILES string of the molecule is CC(=O)N[C@H]1CC[N]C1. The molecule has 1 amide bonds. The Labute approximate surface area is 54.8 Å². The normalized spacial score (nSPS) is 26.1. The molecule has 51 valence electrons. The average molecular weight is 127 g/mol. The molecule has 0 aromatic heterocycles. The van der Waals surface area contributed by atoms with E-state index >= 15 is 0 Å². The lowest BCUT2D eigenvalue weighted by Crippen LogP contribution is -2.33. The molecule has 1 saturated heterocycles. The van der Waals surface area contributed by atoms with Crippen molar-refractivity contribution in [2.45, 2.75) is 19.4 Å². The van der Waals surface area contributed by atoms with Gasteiger partial charge in [-0.25, -0.2) is 5.32 Å². The average Bonchev–Trinajstić information content (AvgIpc) is 2.15. The highest BCUT2D eigenvalue weighted by Crippen LogP contribution is 1.97. The molecule has 1 N–H and O–H groups in total. The molecule has 0 bridgehead atoms. The van der Waals surface area contributed by atoms with Gasteiger partial charge in [-0.3, -0.25) is 4.79 Å². The number of rotatable bonds is 1. The summed E-state index contributed by atoms with van der Waals surface area (Å²) in [5, 5.41) is 6.91. The molecule has 1 aliphatic heterocycles. The van der Waals surface area contributed by atoms with Crippen LogP contribution in [0, 0.1) is 0 Å². The first-order chi connectivity index (χ1) is 4.29. The van der Waals surface area contributed by atoms with Gasteiger partial charge in [0, 0.05) is 26.1 Å². The Kier molecular flexibility index (Phi) is 2.05. The Morgan fingerprint density at radius 2 is 2.56 bits per heavy atom. The number of hydrogen-bond donors (Lipinski definition) is 1. The van der Waals surface area contributed by atoms with Crippen molar-refractivity contribution in [3.63, 3.8) is 0 Å². The summed E-state index contributed by atoms with van der Waals surface area (Å²) in [6.07, 6.45) is 1.01. The van der Waals surface area contributed by atoms with E-state index in [9.17, 15) is 4.79 Å². The second-order valence-electron chi connectivity index (χ2n) is 2.32. The lowest BCUT2D eigenvalue weighted by molar-refractivity contribution is -0.119. The third kappa shape index (κ3) is 2.01. The number of amides is 1. The lowest BCUT2D eigenvalue weighted by atomic mass is 10.3. The molecule has 0 saturated carbocycles. The summed E-state index contributed by atoms with van der Waals surface area (Å²) in [6, 6.07) is 0.322. The summed E-state index contributed by atoms with van der Waals surface area (Å²) in [7, 11) is 0. The molecule has 0 aliphatic carbocycles. The standard InChI is InChI=1S/C6H11N2O/c1-5(9)8-6-2-3-7-4-6/h6H,2-4H2,1H3,(H,8,9)/t6-/m0/s1. The summed E-state index contributed by atoms with van der Waals surface area (Å²) in [6.45, 7) is 3.25. The summed E-state index contributed by atoms with van der Waals surface area (Å²) in [5.74, 6) is 0.0529. The van der Waals surface area contributed by atoms with Gasteiger partial charge in [-0.05, 0) is 6.42 Å². The number of nitrogens with zero attached hydrogens (tertiary/aromatic N) is 1. The van der Waals surface area contributed by atoms with Crippen LogP contribution in [0.5, 0.6) is 0 Å². The fraction of sp³-hybridized carbons (Fsp3) is 0.833. The molecule has 0 unspecified atom stereocenters. The fourth-order valence-electron chi connectivity index (χ4n) is 0.991. The zero-order valence-corrected chi connectivity index (χ0v) is 5.55. The van der Waals surface area contributed by atoms with Gasteiger partial charge in [-0.2, -0.15) is 0 Å². The third-order valence-electron chi connectivity index (χ3n) is 1.39. The molecule has 1 atom stereocenters. The van der Waals surface area contributed by atoms with E-state index in [1.54, 1.807) is 6.92 Å². The van der Waals surface area contributed by atoms with E-state index in [0.29, 0.717) is 6.04 Å². The van der Waals surface area contributed by atoms with Crippen LogP contribution in [0.3, 0.4) is 0 Å². The van der Waals surface area contributed by atoms with Gasteiger partial charge in [0.25, 0.3) is 0 Å². The van der Waals surface area contributed by atoms with E-state index in [-0.39, 0.29) is 5.91 Å². The monoisotopic (exact) mass is 127 g/mol. The van der Waals surface area contributed by atoms with Crippen molar-refractivity contribution < 1.29 is 4.79 Å². The quantitative estimate of drug-likeness (QED) is 0.507. The van der Waals surface area contributed by atoms with Gasteiger partial charge in [0.05, 0.1) is 0 Å². The smallest absolute Gasteiger partial charge is 0.217 e. The van der Waals surface area contributed by atoms with Crippen molar-refractivity contribution in [1.82, 2.24) is 10.6 Å². The van der Waals surface area contributed by atoms with Gasteiger partial charge in [-0.15, -0.1) is 0 Å². The molecule has 1 fully saturated rings. The van der Waals surface area contributed by atoms with Crippen LogP contribution in [-0.4, -0.2) is 25.0 Å². The van der Waals surface area contributed by atoms with Crippen LogP contribution in [0.15, 0.2) is 0 Å². The Balaban J connectivity index is 2.19. The largest absolute Gasteiger partial charge is 0.352 e. The predicted octanol–water partition coefficient (Wildman–Crippen LogP) is -0.501. The van der Waals surface area contributed by atoms with Gasteiger partial charge in [0.1, 0.15) is 0 Å². The zero-order valence-electron chi connectivity index (χ0n) is 5.55. The maximum atomic E-state index is 10.4. The Morgan fingerprint density at radius 3 is 3.00 bits per heavy atom. The molecule has 0 aromatic carbocycles. The van der Waals surface area contributed by atoms with E-state index in [2.05, 4.69) is 10.6 Å². The summed E-state index contributed by atoms with van der Waals surface area (Å²) < 4.78 is 0. The van der Waals surface area contributed by atoms with E-state index in [1.165, 1.54) is 0 Å². The molecule has 3 nitrogen and oxygen atoms in total. The maximum absolute atomic E-state index is 10.4. The van der Waals surface area contributed by atoms with E-state index in [0.717, 1.165) is 19.5 Å². The van der Waals surface area contributed by atoms with Crippen molar-refractivity contribution in [1.29, 1.82) is 0 Å². The third-order valence-corrected chi connectivity index (χ3v) is 1.39. The van der Waals surface area contributed by atoms with Gasteiger partial charge in [0.2, 0.25) is 5.91 Å². The van der Waals surface area contributed by atoms with Crippen molar-refractivity contribution in [3.05, 3.63) is 0 Å². The van der Waals surface area contributed by atoms with E-state index in [1.807, 2.05) is 0 Å². The first-order valence-corrected chi connectivity index (χ1v) is 3.19. The molecule has 0 aromatic rings. The number of hydrogen-bond acceptors (Lipinski definition) is 1. The minimum absolute atomic E-state index is 0.0529. The number of carbonyl (C=O) groups excluding carboxylic acids is 1. The van der Waals surface area contributed by atoms with Crippen LogP contribution in [0.4, 0.5) is 0 Å². The van der Waals surface area contributed by atoms with E-state index < -0.39 is 0 Å². The second-order valence-corrected chi connectivity index (χ2v) is 2.32. The second kappa shape index (κ2) is 2.82. The van der Waals surface area contributed by atoms with Crippen LogP contribution in [0.1, 0.15) is 13.3 Å². The zero-order chi connectivity index (χ0) is 6.69. The lowest BCUT2D eigenvalue weighted by Gasteiger charge is -2.06. The fourth-order valence-corrected chi connectivity index (χ4v) is 0.991. The highest BCUT2D eigenvalue weighted by Gasteiger charge is 2.14. The van der Waals surface area contributed by atoms with Crippen LogP contribution in [-0.2, 0) is 4.79 Å². The van der Waals surface area contributed by atoms with Crippen molar-refractivity contribution in [2.75, 3.05) is 13.1 Å². The van der Waals surface area contributed by atoms with Gasteiger partial charge in [-0.1, -0.05) is 0 Å². The number of carbonyl (C=O) groups is 1. The number of nitrogens with one attached hydrogen (secondary N) is 1. The molecular formula is C6H11N2O. The summed E-state index contributed by atoms with van der Waals surface area (Å²) in [4.78, 5) is 10.4. The first kappa shape index (κ1) is 6.55. The molecule has 0 spiro atoms. The Morgan fingerprint density at radius 1 is 1.78 bits per heavy atom. The molecular weight excluding hydrogens is 116 g/mol. The van der Waals surface area contributed by atoms with Crippen LogP contribution < -0.4 is 10.6 Å². The van der Waals surface area contributed by atoms with E-state index in [4.69, 9.17) is 0 Å². The van der Waals surface area contributed by atoms with Gasteiger partial charge >= 0.3 is 0 Å². The first-order valence-electron chi connectivity index (χ1n) is 3.19. The summed E-state index contributed by atoms with van der Waals surface area (Å²) >= 11 is 0. The predicted molar refractivity (Wildman–Crippen MR) is 34.1 cm³/mol. The maximum Gasteiger partial charge on any atom is 0.217 e. The molecule has 3 heteroatoms. The molecule has 1 heterocycles. The molecule has 1 aliphatic rings. The van der Waals surface area contributed by atoms with Crippen LogP contribution in [0.2, 0.25) is 0 Å². The summed E-state index contributed by atoms with van der Waals surface area (Å²) in [5.41, 5.74) is 0. The van der Waals surface area contributed by atoms with Crippen LogP contribution in [0.25, 0.3) is 0 Å². The van der Waals surface area contributed by atoms with Gasteiger partial charge in [0.15, 0.2) is 0 Å². The minimum Gasteiger partial charge on any atom is -0.352 e. The minimum atomic E-state index is 0.0529. The topological polar surface area (TPSA) is 43.2 Å².